The van der Waals surface area contributed by atoms with Crippen molar-refractivity contribution in [2.24, 2.45) is 5.92 Å². The summed E-state index contributed by atoms with van der Waals surface area (Å²) in [6, 6.07) is 7.05. The Morgan fingerprint density at radius 1 is 1.16 bits per heavy atom. The minimum atomic E-state index is -0.256. The quantitative estimate of drug-likeness (QED) is 0.753. The minimum Gasteiger partial charge on any atom is -0.497 e. The van der Waals surface area contributed by atoms with E-state index < -0.39 is 0 Å². The van der Waals surface area contributed by atoms with Crippen LogP contribution in [0.2, 0.25) is 0 Å². The molecule has 2 aromatic rings. The van der Waals surface area contributed by atoms with Crippen LogP contribution < -0.4 is 15.4 Å². The monoisotopic (exact) mass is 362 g/mol. The molecule has 0 spiro atoms. The van der Waals surface area contributed by atoms with Crippen molar-refractivity contribution in [1.82, 2.24) is 10.2 Å². The Hall–Kier alpha value is -2.48. The maximum Gasteiger partial charge on any atom is 0.226 e. The van der Waals surface area contributed by atoms with Gasteiger partial charge in [-0.3, -0.25) is 9.59 Å². The molecule has 0 saturated heterocycles. The lowest BCUT2D eigenvalue weighted by atomic mass is 10.1. The highest BCUT2D eigenvalue weighted by Gasteiger charge is 2.11. The highest BCUT2D eigenvalue weighted by molar-refractivity contribution is 7.15. The van der Waals surface area contributed by atoms with Gasteiger partial charge < -0.3 is 15.4 Å². The van der Waals surface area contributed by atoms with E-state index in [0.717, 1.165) is 11.4 Å². The summed E-state index contributed by atoms with van der Waals surface area (Å²) in [5, 5.41) is 14.8. The van der Waals surface area contributed by atoms with Gasteiger partial charge in [0.05, 0.1) is 7.11 Å². The molecule has 0 aliphatic carbocycles. The molecule has 7 nitrogen and oxygen atoms in total. The average Bonchev–Trinajstić information content (AvgIpc) is 2.99. The Balaban J connectivity index is 1.77. The van der Waals surface area contributed by atoms with Crippen molar-refractivity contribution < 1.29 is 14.3 Å². The molecule has 2 N–H and O–H groups in total. The van der Waals surface area contributed by atoms with E-state index in [0.29, 0.717) is 22.5 Å². The molecule has 0 aliphatic rings. The van der Waals surface area contributed by atoms with E-state index in [1.54, 1.807) is 31.4 Å². The van der Waals surface area contributed by atoms with Gasteiger partial charge in [0, 0.05) is 31.0 Å². The number of nitrogens with zero attached hydrogens (tertiary/aromatic N) is 2. The second-order valence-corrected chi connectivity index (χ2v) is 6.99. The summed E-state index contributed by atoms with van der Waals surface area (Å²) in [6.07, 6.45) is 0.992. The lowest BCUT2D eigenvalue weighted by Gasteiger charge is -2.06. The van der Waals surface area contributed by atoms with Crippen molar-refractivity contribution >= 4 is 34.0 Å². The van der Waals surface area contributed by atoms with Crippen LogP contribution in [-0.2, 0) is 16.0 Å². The zero-order chi connectivity index (χ0) is 18.2. The zero-order valence-corrected chi connectivity index (χ0v) is 15.4. The Morgan fingerprint density at radius 3 is 2.56 bits per heavy atom. The molecule has 0 fully saturated rings. The summed E-state index contributed by atoms with van der Waals surface area (Å²) >= 11 is 1.36. The van der Waals surface area contributed by atoms with E-state index in [-0.39, 0.29) is 24.7 Å². The molecule has 25 heavy (non-hydrogen) atoms. The fourth-order valence-corrected chi connectivity index (χ4v) is 3.04. The number of nitrogens with one attached hydrogen (secondary N) is 2. The zero-order valence-electron chi connectivity index (χ0n) is 14.5. The molecular weight excluding hydrogens is 340 g/mol. The van der Waals surface area contributed by atoms with E-state index in [1.807, 2.05) is 0 Å². The number of carbonyl (C=O) groups excluding carboxylic acids is 2. The summed E-state index contributed by atoms with van der Waals surface area (Å²) in [7, 11) is 1.56. The lowest BCUT2D eigenvalue weighted by Crippen LogP contribution is -2.17. The third-order valence-corrected chi connectivity index (χ3v) is 4.09. The summed E-state index contributed by atoms with van der Waals surface area (Å²) in [6.45, 7) is 4.20. The van der Waals surface area contributed by atoms with Crippen LogP contribution in [0.25, 0.3) is 0 Å². The van der Waals surface area contributed by atoms with E-state index in [2.05, 4.69) is 34.7 Å². The second kappa shape index (κ2) is 9.12. The van der Waals surface area contributed by atoms with Gasteiger partial charge >= 0.3 is 0 Å². The van der Waals surface area contributed by atoms with E-state index in [9.17, 15) is 9.59 Å². The average molecular weight is 362 g/mol. The number of amides is 2. The van der Waals surface area contributed by atoms with Crippen LogP contribution in [0, 0.1) is 5.92 Å². The van der Waals surface area contributed by atoms with Crippen LogP contribution in [0.4, 0.5) is 10.8 Å². The van der Waals surface area contributed by atoms with Crippen LogP contribution in [0.3, 0.4) is 0 Å². The number of hydrogen-bond donors (Lipinski definition) is 2. The molecule has 8 heteroatoms. The first-order valence-electron chi connectivity index (χ1n) is 8.02. The Kier molecular flexibility index (Phi) is 6.88. The van der Waals surface area contributed by atoms with Crippen LogP contribution in [0.15, 0.2) is 24.3 Å². The molecule has 1 aromatic heterocycles. The molecule has 0 radical (unpaired) electrons. The van der Waals surface area contributed by atoms with Gasteiger partial charge in [0.25, 0.3) is 0 Å². The summed E-state index contributed by atoms with van der Waals surface area (Å²) in [5.74, 6) is 0.648. The fourth-order valence-electron chi connectivity index (χ4n) is 2.07. The number of methoxy groups -OCH3 is 1. The Labute approximate surface area is 150 Å². The maximum atomic E-state index is 11.9. The van der Waals surface area contributed by atoms with Gasteiger partial charge in [-0.2, -0.15) is 0 Å². The molecule has 0 unspecified atom stereocenters. The first kappa shape index (κ1) is 18.9. The van der Waals surface area contributed by atoms with Gasteiger partial charge in [0.15, 0.2) is 0 Å². The highest BCUT2D eigenvalue weighted by Crippen LogP contribution is 2.19. The molecule has 2 rings (SSSR count). The van der Waals surface area contributed by atoms with Gasteiger partial charge in [0.1, 0.15) is 10.8 Å². The molecule has 1 aromatic carbocycles. The number of anilines is 2. The van der Waals surface area contributed by atoms with E-state index in [4.69, 9.17) is 4.74 Å². The normalized spacial score (nSPS) is 10.6. The van der Waals surface area contributed by atoms with Crippen LogP contribution in [-0.4, -0.2) is 29.1 Å². The van der Waals surface area contributed by atoms with Gasteiger partial charge in [-0.05, 0) is 18.1 Å². The minimum absolute atomic E-state index is 0.0783. The topological polar surface area (TPSA) is 93.2 Å². The van der Waals surface area contributed by atoms with Crippen LogP contribution in [0.1, 0.15) is 31.7 Å². The third kappa shape index (κ3) is 6.50. The second-order valence-electron chi connectivity index (χ2n) is 5.93. The molecule has 0 saturated carbocycles. The predicted molar refractivity (Wildman–Crippen MR) is 97.9 cm³/mol. The van der Waals surface area contributed by atoms with Gasteiger partial charge in [-0.1, -0.05) is 31.3 Å². The van der Waals surface area contributed by atoms with Crippen molar-refractivity contribution in [3.8, 4) is 5.75 Å². The molecule has 0 aliphatic heterocycles. The standard InChI is InChI=1S/C17H22N4O3S/c1-11(2)9-16-20-21-17(25-16)19-15(23)8-7-14(22)18-12-5-4-6-13(10-12)24-3/h4-6,10-11H,7-9H2,1-3H3,(H,18,22)(H,19,21,23). The molecular formula is C17H22N4O3S. The Bertz CT molecular complexity index is 730. The first-order chi connectivity index (χ1) is 12.0. The highest BCUT2D eigenvalue weighted by atomic mass is 32.1. The number of ether oxygens (including phenoxy) is 1. The van der Waals surface area contributed by atoms with Gasteiger partial charge in [-0.15, -0.1) is 10.2 Å². The molecule has 0 bridgehead atoms. The van der Waals surface area contributed by atoms with E-state index >= 15 is 0 Å². The molecule has 0 atom stereocenters. The van der Waals surface area contributed by atoms with Crippen molar-refractivity contribution in [1.29, 1.82) is 0 Å². The number of carbonyl (C=O) groups is 2. The number of benzene rings is 1. The summed E-state index contributed by atoms with van der Waals surface area (Å²) < 4.78 is 5.10. The predicted octanol–water partition coefficient (Wildman–Crippen LogP) is 3.10. The molecule has 2 amide bonds. The van der Waals surface area contributed by atoms with Gasteiger partial charge in [0.2, 0.25) is 16.9 Å². The number of rotatable bonds is 8. The maximum absolute atomic E-state index is 11.9. The molecule has 1 heterocycles. The smallest absolute Gasteiger partial charge is 0.226 e. The molecule has 134 valence electrons. The largest absolute Gasteiger partial charge is 0.497 e. The van der Waals surface area contributed by atoms with Crippen molar-refractivity contribution in [3.63, 3.8) is 0 Å². The van der Waals surface area contributed by atoms with Crippen molar-refractivity contribution in [2.75, 3.05) is 17.7 Å². The fraction of sp³-hybridized carbons (Fsp3) is 0.412. The van der Waals surface area contributed by atoms with Gasteiger partial charge in [-0.25, -0.2) is 0 Å². The number of aromatic nitrogens is 2. The van der Waals surface area contributed by atoms with Crippen molar-refractivity contribution in [3.05, 3.63) is 29.3 Å². The summed E-state index contributed by atoms with van der Waals surface area (Å²) in [5.41, 5.74) is 0.632. The van der Waals surface area contributed by atoms with E-state index in [1.165, 1.54) is 11.3 Å². The first-order valence-corrected chi connectivity index (χ1v) is 8.84. The third-order valence-electron chi connectivity index (χ3n) is 3.23. The Morgan fingerprint density at radius 2 is 1.88 bits per heavy atom. The van der Waals surface area contributed by atoms with Crippen LogP contribution in [0.5, 0.6) is 5.75 Å². The van der Waals surface area contributed by atoms with Crippen molar-refractivity contribution in [2.45, 2.75) is 33.1 Å². The SMILES string of the molecule is COc1cccc(NC(=O)CCC(=O)Nc2nnc(CC(C)C)s2)c1. The lowest BCUT2D eigenvalue weighted by molar-refractivity contribution is -0.121. The number of hydrogen-bond acceptors (Lipinski definition) is 6. The summed E-state index contributed by atoms with van der Waals surface area (Å²) in [4.78, 5) is 23.9. The van der Waals surface area contributed by atoms with Crippen LogP contribution >= 0.6 is 11.3 Å².